The van der Waals surface area contributed by atoms with Gasteiger partial charge in [0.1, 0.15) is 6.10 Å². The Bertz CT molecular complexity index is 729. The van der Waals surface area contributed by atoms with Crippen LogP contribution in [0, 0.1) is 46.3 Å². The van der Waals surface area contributed by atoms with Gasteiger partial charge in [-0.3, -0.25) is 4.79 Å². The molecule has 3 fully saturated rings. The first kappa shape index (κ1) is 24.8. The van der Waals surface area contributed by atoms with Crippen molar-refractivity contribution in [3.63, 3.8) is 0 Å². The van der Waals surface area contributed by atoms with Crippen molar-refractivity contribution in [1.29, 1.82) is 0 Å². The van der Waals surface area contributed by atoms with E-state index in [2.05, 4.69) is 56.6 Å². The molecule has 32 heavy (non-hydrogen) atoms. The van der Waals surface area contributed by atoms with E-state index in [0.717, 1.165) is 48.3 Å². The predicted octanol–water partition coefficient (Wildman–Crippen LogP) is 8.33. The van der Waals surface area contributed by atoms with Crippen LogP contribution in [-0.2, 0) is 9.53 Å². The number of carbonyl (C=O) groups is 1. The lowest BCUT2D eigenvalue weighted by Gasteiger charge is -2.59. The number of ether oxygens (including phenoxy) is 1. The molecule has 5 unspecified atom stereocenters. The number of esters is 1. The monoisotopic (exact) mass is 506 g/mol. The van der Waals surface area contributed by atoms with Crippen molar-refractivity contribution in [3.8, 4) is 0 Å². The maximum Gasteiger partial charge on any atom is 0.302 e. The summed E-state index contributed by atoms with van der Waals surface area (Å²) in [5.74, 6) is 4.86. The molecular formula is C29H47BrO2. The van der Waals surface area contributed by atoms with Crippen molar-refractivity contribution in [2.45, 2.75) is 117 Å². The lowest BCUT2D eigenvalue weighted by molar-refractivity contribution is -0.148. The van der Waals surface area contributed by atoms with Crippen molar-refractivity contribution in [1.82, 2.24) is 0 Å². The van der Waals surface area contributed by atoms with Crippen LogP contribution in [0.5, 0.6) is 0 Å². The molecule has 3 heteroatoms. The minimum absolute atomic E-state index is 0.0829. The van der Waals surface area contributed by atoms with Gasteiger partial charge in [0, 0.05) is 18.2 Å². The molecule has 182 valence electrons. The number of hydrogen-bond donors (Lipinski definition) is 0. The minimum atomic E-state index is -0.128. The van der Waals surface area contributed by atoms with Gasteiger partial charge in [0.2, 0.25) is 0 Å². The fraction of sp³-hybridized carbons (Fsp3) is 0.897. The fourth-order valence-corrected chi connectivity index (χ4v) is 9.99. The van der Waals surface area contributed by atoms with Crippen LogP contribution in [0.2, 0.25) is 0 Å². The summed E-state index contributed by atoms with van der Waals surface area (Å²) in [5.41, 5.74) is 2.38. The topological polar surface area (TPSA) is 26.3 Å². The number of alkyl halides is 1. The molecule has 0 amide bonds. The third kappa shape index (κ3) is 4.38. The third-order valence-electron chi connectivity index (χ3n) is 10.6. The molecule has 4 aliphatic carbocycles. The van der Waals surface area contributed by atoms with Crippen LogP contribution < -0.4 is 0 Å². The summed E-state index contributed by atoms with van der Waals surface area (Å²) in [6.07, 6.45) is 15.6. The smallest absolute Gasteiger partial charge is 0.302 e. The Hall–Kier alpha value is -0.310. The van der Waals surface area contributed by atoms with Gasteiger partial charge in [0.15, 0.2) is 0 Å². The molecule has 0 radical (unpaired) electrons. The molecule has 3 saturated carbocycles. The molecule has 4 aliphatic rings. The minimum Gasteiger partial charge on any atom is -0.462 e. The molecule has 2 nitrogen and oxygen atoms in total. The van der Waals surface area contributed by atoms with Gasteiger partial charge in [0.25, 0.3) is 0 Å². The zero-order valence-corrected chi connectivity index (χ0v) is 23.0. The zero-order valence-electron chi connectivity index (χ0n) is 21.5. The number of fused-ring (bicyclic) bond motifs is 5. The molecule has 0 heterocycles. The molecule has 4 rings (SSSR count). The molecule has 0 aromatic carbocycles. The molecule has 0 aromatic heterocycles. The summed E-state index contributed by atoms with van der Waals surface area (Å²) in [5, 5.41) is 0. The van der Waals surface area contributed by atoms with Crippen molar-refractivity contribution < 1.29 is 9.53 Å². The fourth-order valence-electron chi connectivity index (χ4n) is 8.93. The first-order valence-electron chi connectivity index (χ1n) is 13.6. The number of rotatable bonds is 6. The van der Waals surface area contributed by atoms with E-state index in [9.17, 15) is 4.79 Å². The normalized spacial score (nSPS) is 44.3. The summed E-state index contributed by atoms with van der Waals surface area (Å²) >= 11 is 4.18. The summed E-state index contributed by atoms with van der Waals surface area (Å²) in [7, 11) is 0. The predicted molar refractivity (Wildman–Crippen MR) is 137 cm³/mol. The average molecular weight is 508 g/mol. The second kappa shape index (κ2) is 9.38. The summed E-state index contributed by atoms with van der Waals surface area (Å²) in [6, 6.07) is 0. The maximum absolute atomic E-state index is 11.5. The third-order valence-corrected chi connectivity index (χ3v) is 11.5. The van der Waals surface area contributed by atoms with Crippen molar-refractivity contribution >= 4 is 21.9 Å². The first-order chi connectivity index (χ1) is 15.1. The lowest BCUT2D eigenvalue weighted by Crippen LogP contribution is -2.54. The van der Waals surface area contributed by atoms with Gasteiger partial charge in [-0.1, -0.05) is 81.5 Å². The Kier molecular flexibility index (Phi) is 7.27. The summed E-state index contributed by atoms with van der Waals surface area (Å²) < 4.78 is 5.63. The van der Waals surface area contributed by atoms with Crippen LogP contribution in [-0.4, -0.2) is 16.9 Å². The Morgan fingerprint density at radius 2 is 1.84 bits per heavy atom. The van der Waals surface area contributed by atoms with Gasteiger partial charge in [-0.2, -0.15) is 0 Å². The van der Waals surface area contributed by atoms with Crippen LogP contribution >= 0.6 is 15.9 Å². The number of halogens is 1. The number of carbonyl (C=O) groups excluding carboxylic acids is 1. The highest BCUT2D eigenvalue weighted by atomic mass is 79.9. The highest BCUT2D eigenvalue weighted by Gasteiger charge is 2.61. The van der Waals surface area contributed by atoms with E-state index in [0.29, 0.717) is 15.7 Å². The summed E-state index contributed by atoms with van der Waals surface area (Å²) in [6.45, 7) is 14.0. The van der Waals surface area contributed by atoms with E-state index < -0.39 is 0 Å². The molecule has 9 atom stereocenters. The Morgan fingerprint density at radius 3 is 2.53 bits per heavy atom. The second-order valence-corrected chi connectivity index (χ2v) is 13.9. The van der Waals surface area contributed by atoms with Gasteiger partial charge >= 0.3 is 5.97 Å². The number of allylic oxidation sites excluding steroid dienone is 1. The van der Waals surface area contributed by atoms with E-state index in [1.807, 2.05) is 0 Å². The lowest BCUT2D eigenvalue weighted by atomic mass is 9.47. The SMILES string of the molecule is CC(=O)OC1CC[C@@]2(C)C(=C[C@H](Br)C3C2CC[C@@]2(C)C3CC[C@@H]2C(C)CCCC(C)C)C1. The highest BCUT2D eigenvalue weighted by molar-refractivity contribution is 9.09. The Labute approximate surface area is 205 Å². The van der Waals surface area contributed by atoms with Gasteiger partial charge in [0.05, 0.1) is 0 Å². The van der Waals surface area contributed by atoms with Crippen LogP contribution in [0.25, 0.3) is 0 Å². The molecule has 0 bridgehead atoms. The molecule has 0 aliphatic heterocycles. The Balaban J connectivity index is 1.51. The molecule has 0 saturated heterocycles. The highest BCUT2D eigenvalue weighted by Crippen LogP contribution is 2.68. The molecular weight excluding hydrogens is 460 g/mol. The van der Waals surface area contributed by atoms with E-state index >= 15 is 0 Å². The van der Waals surface area contributed by atoms with Crippen LogP contribution in [0.3, 0.4) is 0 Å². The van der Waals surface area contributed by atoms with Gasteiger partial charge in [-0.15, -0.1) is 0 Å². The maximum atomic E-state index is 11.5. The zero-order chi connectivity index (χ0) is 23.3. The van der Waals surface area contributed by atoms with E-state index in [1.165, 1.54) is 51.4 Å². The number of hydrogen-bond acceptors (Lipinski definition) is 2. The van der Waals surface area contributed by atoms with Gasteiger partial charge < -0.3 is 4.74 Å². The van der Waals surface area contributed by atoms with Crippen molar-refractivity contribution in [2.24, 2.45) is 46.3 Å². The van der Waals surface area contributed by atoms with Crippen LogP contribution in [0.15, 0.2) is 11.6 Å². The molecule has 0 spiro atoms. The second-order valence-electron chi connectivity index (χ2n) is 12.8. The van der Waals surface area contributed by atoms with E-state index in [-0.39, 0.29) is 12.1 Å². The summed E-state index contributed by atoms with van der Waals surface area (Å²) in [4.78, 5) is 12.0. The van der Waals surface area contributed by atoms with Gasteiger partial charge in [-0.25, -0.2) is 0 Å². The molecule has 0 N–H and O–H groups in total. The van der Waals surface area contributed by atoms with Gasteiger partial charge in [-0.05, 0) is 84.9 Å². The van der Waals surface area contributed by atoms with Crippen molar-refractivity contribution in [3.05, 3.63) is 11.6 Å². The largest absolute Gasteiger partial charge is 0.462 e. The Morgan fingerprint density at radius 1 is 1.09 bits per heavy atom. The van der Waals surface area contributed by atoms with Crippen molar-refractivity contribution in [2.75, 3.05) is 0 Å². The average Bonchev–Trinajstić information content (AvgIpc) is 3.05. The van der Waals surface area contributed by atoms with Crippen LogP contribution in [0.1, 0.15) is 106 Å². The standard InChI is InChI=1S/C29H47BrO2/c1-18(2)8-7-9-19(3)23-10-11-24-27-25(13-15-29(23,24)6)28(5)14-12-22(32-20(4)31)16-21(28)17-26(27)30/h17-19,22-27H,7-16H2,1-6H3/t19?,22?,23-,24?,25?,26+,27?,28+,29-/m1/s1. The quantitative estimate of drug-likeness (QED) is 0.205. The first-order valence-corrected chi connectivity index (χ1v) is 14.5. The van der Waals surface area contributed by atoms with Crippen LogP contribution in [0.4, 0.5) is 0 Å². The van der Waals surface area contributed by atoms with E-state index in [4.69, 9.17) is 4.74 Å². The van der Waals surface area contributed by atoms with E-state index in [1.54, 1.807) is 12.5 Å². The molecule has 0 aromatic rings.